The van der Waals surface area contributed by atoms with Crippen LogP contribution in [0.3, 0.4) is 0 Å². The zero-order valence-electron chi connectivity index (χ0n) is 11.5. The van der Waals surface area contributed by atoms with E-state index in [1.54, 1.807) is 0 Å². The molecule has 103 valence electrons. The van der Waals surface area contributed by atoms with Crippen LogP contribution in [-0.4, -0.2) is 6.54 Å². The van der Waals surface area contributed by atoms with E-state index < -0.39 is 0 Å². The lowest BCUT2D eigenvalue weighted by Crippen LogP contribution is -2.12. The highest BCUT2D eigenvalue weighted by Crippen LogP contribution is 2.19. The molecule has 0 atom stereocenters. The summed E-state index contributed by atoms with van der Waals surface area (Å²) in [4.78, 5) is 0. The van der Waals surface area contributed by atoms with Crippen LogP contribution in [0, 0.1) is 6.42 Å². The molecule has 1 radical (unpaired) electrons. The number of fused-ring (bicyclic) bond motifs is 1. The van der Waals surface area contributed by atoms with Gasteiger partial charge in [0.1, 0.15) is 0 Å². The maximum absolute atomic E-state index is 5.91. The smallest absolute Gasteiger partial charge is 0.0406 e. The first-order valence-corrected chi connectivity index (χ1v) is 7.59. The van der Waals surface area contributed by atoms with Crippen molar-refractivity contribution < 1.29 is 0 Å². The SMILES string of the molecule is Clc1ccc(C[CH]c2ccc3c(c2)CNCCC3)cc1. The molecule has 3 rings (SSSR count). The largest absolute Gasteiger partial charge is 0.313 e. The van der Waals surface area contributed by atoms with Crippen molar-refractivity contribution in [1.82, 2.24) is 5.32 Å². The molecule has 20 heavy (non-hydrogen) atoms. The van der Waals surface area contributed by atoms with Crippen molar-refractivity contribution in [2.45, 2.75) is 25.8 Å². The van der Waals surface area contributed by atoms with Gasteiger partial charge in [-0.15, -0.1) is 0 Å². The minimum atomic E-state index is 0.796. The van der Waals surface area contributed by atoms with Crippen LogP contribution in [0.4, 0.5) is 0 Å². The fourth-order valence-corrected chi connectivity index (χ4v) is 2.79. The highest BCUT2D eigenvalue weighted by Gasteiger charge is 2.08. The van der Waals surface area contributed by atoms with Crippen LogP contribution in [0.15, 0.2) is 42.5 Å². The van der Waals surface area contributed by atoms with E-state index in [9.17, 15) is 0 Å². The molecule has 1 aliphatic rings. The first-order chi connectivity index (χ1) is 9.81. The molecule has 0 aliphatic carbocycles. The number of rotatable bonds is 3. The third-order valence-corrected chi connectivity index (χ3v) is 4.08. The molecule has 1 heterocycles. The second kappa shape index (κ2) is 6.43. The quantitative estimate of drug-likeness (QED) is 0.892. The van der Waals surface area contributed by atoms with Crippen molar-refractivity contribution in [3.05, 3.63) is 76.2 Å². The lowest BCUT2D eigenvalue weighted by Gasteiger charge is -2.09. The average Bonchev–Trinajstić information content (AvgIpc) is 2.71. The second-order valence-corrected chi connectivity index (χ2v) is 5.78. The molecule has 2 aromatic rings. The topological polar surface area (TPSA) is 12.0 Å². The fraction of sp³-hybridized carbons (Fsp3) is 0.278. The van der Waals surface area contributed by atoms with E-state index in [4.69, 9.17) is 11.6 Å². The Morgan fingerprint density at radius 1 is 1.05 bits per heavy atom. The normalized spacial score (nSPS) is 14.7. The summed E-state index contributed by atoms with van der Waals surface area (Å²) in [5.74, 6) is 0. The van der Waals surface area contributed by atoms with Crippen molar-refractivity contribution in [1.29, 1.82) is 0 Å². The molecule has 0 bridgehead atoms. The van der Waals surface area contributed by atoms with Crippen molar-refractivity contribution in [2.75, 3.05) is 6.54 Å². The summed E-state index contributed by atoms with van der Waals surface area (Å²) in [6, 6.07) is 14.9. The van der Waals surface area contributed by atoms with Crippen LogP contribution < -0.4 is 5.32 Å². The Bertz CT molecular complexity index is 574. The molecule has 1 N–H and O–H groups in total. The van der Waals surface area contributed by atoms with Gasteiger partial charge < -0.3 is 5.32 Å². The molecule has 1 aliphatic heterocycles. The summed E-state index contributed by atoms with van der Waals surface area (Å²) in [6.07, 6.45) is 5.67. The van der Waals surface area contributed by atoms with Crippen molar-refractivity contribution in [2.24, 2.45) is 0 Å². The molecule has 0 aromatic heterocycles. The van der Waals surface area contributed by atoms with Crippen LogP contribution in [0.25, 0.3) is 0 Å². The number of aryl methyl sites for hydroxylation is 1. The molecule has 0 fully saturated rings. The molecule has 0 amide bonds. The van der Waals surface area contributed by atoms with Crippen LogP contribution >= 0.6 is 11.6 Å². The Morgan fingerprint density at radius 2 is 1.90 bits per heavy atom. The Hall–Kier alpha value is -1.31. The first-order valence-electron chi connectivity index (χ1n) is 7.21. The monoisotopic (exact) mass is 284 g/mol. The standard InChI is InChI=1S/C18H19ClN/c19-18-9-6-14(7-10-18)3-4-15-5-8-16-2-1-11-20-13-17(16)12-15/h4-10,12,20H,1-3,11,13H2. The maximum Gasteiger partial charge on any atom is 0.0406 e. The molecular weight excluding hydrogens is 266 g/mol. The molecule has 1 nitrogen and oxygen atoms in total. The molecule has 0 spiro atoms. The van der Waals surface area contributed by atoms with Gasteiger partial charge in [0.15, 0.2) is 0 Å². The molecule has 0 saturated heterocycles. The van der Waals surface area contributed by atoms with Gasteiger partial charge >= 0.3 is 0 Å². The number of hydrogen-bond acceptors (Lipinski definition) is 1. The highest BCUT2D eigenvalue weighted by atomic mass is 35.5. The van der Waals surface area contributed by atoms with Crippen molar-refractivity contribution >= 4 is 11.6 Å². The van der Waals surface area contributed by atoms with E-state index in [0.29, 0.717) is 0 Å². The molecular formula is C18H19ClN. The van der Waals surface area contributed by atoms with Gasteiger partial charge in [-0.2, -0.15) is 0 Å². The van der Waals surface area contributed by atoms with Gasteiger partial charge in [0, 0.05) is 11.6 Å². The lowest BCUT2D eigenvalue weighted by molar-refractivity contribution is 0.680. The van der Waals surface area contributed by atoms with Crippen molar-refractivity contribution in [3.8, 4) is 0 Å². The molecule has 2 heteroatoms. The summed E-state index contributed by atoms with van der Waals surface area (Å²) in [7, 11) is 0. The van der Waals surface area contributed by atoms with Gasteiger partial charge in [0.05, 0.1) is 0 Å². The van der Waals surface area contributed by atoms with E-state index in [0.717, 1.165) is 24.5 Å². The third kappa shape index (κ3) is 3.41. The Kier molecular flexibility index (Phi) is 4.39. The molecule has 0 unspecified atom stereocenters. The summed E-state index contributed by atoms with van der Waals surface area (Å²) < 4.78 is 0. The number of halogens is 1. The van der Waals surface area contributed by atoms with Crippen molar-refractivity contribution in [3.63, 3.8) is 0 Å². The fourth-order valence-electron chi connectivity index (χ4n) is 2.66. The molecule has 0 saturated carbocycles. The van der Waals surface area contributed by atoms with E-state index >= 15 is 0 Å². The van der Waals surface area contributed by atoms with E-state index in [1.165, 1.54) is 35.1 Å². The predicted molar refractivity (Wildman–Crippen MR) is 85.0 cm³/mol. The first kappa shape index (κ1) is 13.7. The van der Waals surface area contributed by atoms with Gasteiger partial charge in [0.2, 0.25) is 0 Å². The minimum Gasteiger partial charge on any atom is -0.313 e. The van der Waals surface area contributed by atoms with Crippen LogP contribution in [0.1, 0.15) is 28.7 Å². The number of nitrogens with one attached hydrogen (secondary N) is 1. The van der Waals surface area contributed by atoms with Gasteiger partial charge in [0.25, 0.3) is 0 Å². The van der Waals surface area contributed by atoms with Gasteiger partial charge in [-0.1, -0.05) is 41.9 Å². The lowest BCUT2D eigenvalue weighted by atomic mass is 9.98. The van der Waals surface area contributed by atoms with E-state index in [1.807, 2.05) is 12.1 Å². The summed E-state index contributed by atoms with van der Waals surface area (Å²) >= 11 is 5.91. The second-order valence-electron chi connectivity index (χ2n) is 5.34. The predicted octanol–water partition coefficient (Wildman–Crippen LogP) is 4.17. The van der Waals surface area contributed by atoms with Gasteiger partial charge in [-0.3, -0.25) is 0 Å². The minimum absolute atomic E-state index is 0.796. The maximum atomic E-state index is 5.91. The Morgan fingerprint density at radius 3 is 2.75 bits per heavy atom. The summed E-state index contributed by atoms with van der Waals surface area (Å²) in [5.41, 5.74) is 5.55. The van der Waals surface area contributed by atoms with E-state index in [-0.39, 0.29) is 0 Å². The summed E-state index contributed by atoms with van der Waals surface area (Å²) in [6.45, 7) is 2.12. The van der Waals surface area contributed by atoms with Crippen LogP contribution in [-0.2, 0) is 19.4 Å². The summed E-state index contributed by atoms with van der Waals surface area (Å²) in [5, 5.41) is 4.28. The van der Waals surface area contributed by atoms with Gasteiger partial charge in [-0.05, 0) is 66.6 Å². The highest BCUT2D eigenvalue weighted by molar-refractivity contribution is 6.30. The third-order valence-electron chi connectivity index (χ3n) is 3.83. The number of hydrogen-bond donors (Lipinski definition) is 1. The van der Waals surface area contributed by atoms with Crippen LogP contribution in [0.5, 0.6) is 0 Å². The number of benzene rings is 2. The zero-order chi connectivity index (χ0) is 13.8. The Balaban J connectivity index is 1.68. The van der Waals surface area contributed by atoms with Gasteiger partial charge in [-0.25, -0.2) is 0 Å². The van der Waals surface area contributed by atoms with E-state index in [2.05, 4.69) is 42.1 Å². The average molecular weight is 285 g/mol. The molecule has 2 aromatic carbocycles. The Labute approximate surface area is 126 Å². The zero-order valence-corrected chi connectivity index (χ0v) is 12.3. The van der Waals surface area contributed by atoms with Crippen LogP contribution in [0.2, 0.25) is 5.02 Å².